The van der Waals surface area contributed by atoms with E-state index in [-0.39, 0.29) is 0 Å². The second kappa shape index (κ2) is 4.93. The zero-order valence-electron chi connectivity index (χ0n) is 10.0. The Morgan fingerprint density at radius 1 is 1.56 bits per heavy atom. The molecule has 0 amide bonds. The van der Waals surface area contributed by atoms with E-state index in [1.165, 1.54) is 0 Å². The molecule has 1 aromatic rings. The van der Waals surface area contributed by atoms with Crippen LogP contribution in [-0.4, -0.2) is 34.2 Å². The molecule has 0 aromatic carbocycles. The number of hydrogen-bond acceptors (Lipinski definition) is 5. The van der Waals surface area contributed by atoms with Crippen LogP contribution in [0.5, 0.6) is 0 Å². The van der Waals surface area contributed by atoms with Gasteiger partial charge < -0.3 is 10.3 Å². The van der Waals surface area contributed by atoms with Crippen LogP contribution in [0.1, 0.15) is 44.3 Å². The summed E-state index contributed by atoms with van der Waals surface area (Å²) in [5.74, 6) is 1.79. The van der Waals surface area contributed by atoms with E-state index in [0.29, 0.717) is 12.0 Å². The lowest BCUT2D eigenvalue weighted by Crippen LogP contribution is -2.42. The molecule has 1 fully saturated rings. The molecule has 5 nitrogen and oxygen atoms in total. The summed E-state index contributed by atoms with van der Waals surface area (Å²) in [6.45, 7) is 6.87. The molecule has 16 heavy (non-hydrogen) atoms. The van der Waals surface area contributed by atoms with Gasteiger partial charge in [0.2, 0.25) is 5.89 Å². The Balaban J connectivity index is 1.92. The summed E-state index contributed by atoms with van der Waals surface area (Å²) in [5.41, 5.74) is 5.93. The third-order valence-electron chi connectivity index (χ3n) is 2.88. The van der Waals surface area contributed by atoms with Crippen molar-refractivity contribution < 1.29 is 4.52 Å². The fourth-order valence-electron chi connectivity index (χ4n) is 2.00. The second-order valence-electron chi connectivity index (χ2n) is 4.84. The van der Waals surface area contributed by atoms with E-state index in [4.69, 9.17) is 10.3 Å². The maximum absolute atomic E-state index is 5.93. The summed E-state index contributed by atoms with van der Waals surface area (Å²) in [6, 6.07) is 0.297. The molecule has 90 valence electrons. The molecule has 1 unspecified atom stereocenters. The quantitative estimate of drug-likeness (QED) is 0.833. The third kappa shape index (κ3) is 2.80. The first-order chi connectivity index (χ1) is 7.65. The summed E-state index contributed by atoms with van der Waals surface area (Å²) < 4.78 is 5.18. The highest BCUT2D eigenvalue weighted by Crippen LogP contribution is 2.14. The number of nitrogens with two attached hydrogens (primary N) is 1. The second-order valence-corrected chi connectivity index (χ2v) is 4.84. The van der Waals surface area contributed by atoms with Gasteiger partial charge in [-0.15, -0.1) is 0 Å². The molecule has 1 aliphatic heterocycles. The Labute approximate surface area is 96.0 Å². The van der Waals surface area contributed by atoms with E-state index in [2.05, 4.69) is 15.0 Å². The van der Waals surface area contributed by atoms with Gasteiger partial charge in [-0.3, -0.25) is 4.90 Å². The van der Waals surface area contributed by atoms with Gasteiger partial charge in [0.15, 0.2) is 5.82 Å². The normalized spacial score (nSPS) is 22.9. The fourth-order valence-corrected chi connectivity index (χ4v) is 2.00. The predicted octanol–water partition coefficient (Wildman–Crippen LogP) is 1.12. The van der Waals surface area contributed by atoms with Crippen LogP contribution < -0.4 is 5.73 Å². The Kier molecular flexibility index (Phi) is 3.56. The van der Waals surface area contributed by atoms with Gasteiger partial charge in [-0.05, 0) is 19.4 Å². The molecule has 1 aromatic heterocycles. The number of piperidine rings is 1. The van der Waals surface area contributed by atoms with Gasteiger partial charge in [0.05, 0.1) is 6.54 Å². The van der Waals surface area contributed by atoms with Crippen molar-refractivity contribution in [3.63, 3.8) is 0 Å². The Bertz CT molecular complexity index is 336. The van der Waals surface area contributed by atoms with Crippen LogP contribution in [0.2, 0.25) is 0 Å². The molecule has 0 saturated carbocycles. The van der Waals surface area contributed by atoms with E-state index < -0.39 is 0 Å². The minimum absolute atomic E-state index is 0.296. The first-order valence-corrected chi connectivity index (χ1v) is 5.95. The van der Waals surface area contributed by atoms with Gasteiger partial charge in [0.25, 0.3) is 0 Å². The van der Waals surface area contributed by atoms with E-state index >= 15 is 0 Å². The highest BCUT2D eigenvalue weighted by molar-refractivity contribution is 4.91. The SMILES string of the molecule is CC(C)c1nc(CN2CCCC(N)C2)no1. The molecule has 0 spiro atoms. The monoisotopic (exact) mass is 224 g/mol. The molecule has 0 bridgehead atoms. The maximum Gasteiger partial charge on any atom is 0.229 e. The third-order valence-corrected chi connectivity index (χ3v) is 2.88. The van der Waals surface area contributed by atoms with Crippen molar-refractivity contribution in [1.29, 1.82) is 0 Å². The van der Waals surface area contributed by atoms with Crippen molar-refractivity contribution >= 4 is 0 Å². The van der Waals surface area contributed by atoms with Gasteiger partial charge in [0, 0.05) is 18.5 Å². The summed E-state index contributed by atoms with van der Waals surface area (Å²) in [7, 11) is 0. The number of aromatic nitrogens is 2. The van der Waals surface area contributed by atoms with Gasteiger partial charge in [-0.1, -0.05) is 19.0 Å². The number of rotatable bonds is 3. The van der Waals surface area contributed by atoms with Crippen LogP contribution >= 0.6 is 0 Å². The first kappa shape index (κ1) is 11.5. The lowest BCUT2D eigenvalue weighted by atomic mass is 10.1. The lowest BCUT2D eigenvalue weighted by molar-refractivity contribution is 0.195. The van der Waals surface area contributed by atoms with E-state index in [0.717, 1.165) is 44.2 Å². The van der Waals surface area contributed by atoms with Crippen molar-refractivity contribution in [2.24, 2.45) is 5.73 Å². The van der Waals surface area contributed by atoms with Crippen molar-refractivity contribution in [3.8, 4) is 0 Å². The number of likely N-dealkylation sites (tertiary alicyclic amines) is 1. The standard InChI is InChI=1S/C11H20N4O/c1-8(2)11-13-10(14-16-11)7-15-5-3-4-9(12)6-15/h8-9H,3-7,12H2,1-2H3. The maximum atomic E-state index is 5.93. The molecule has 2 rings (SSSR count). The summed E-state index contributed by atoms with van der Waals surface area (Å²) in [5, 5.41) is 3.99. The highest BCUT2D eigenvalue weighted by atomic mass is 16.5. The molecule has 1 saturated heterocycles. The van der Waals surface area contributed by atoms with Crippen LogP contribution in [0.15, 0.2) is 4.52 Å². The van der Waals surface area contributed by atoms with E-state index in [1.54, 1.807) is 0 Å². The first-order valence-electron chi connectivity index (χ1n) is 5.95. The molecule has 5 heteroatoms. The van der Waals surface area contributed by atoms with Crippen molar-refractivity contribution in [3.05, 3.63) is 11.7 Å². The van der Waals surface area contributed by atoms with Crippen LogP contribution in [0.25, 0.3) is 0 Å². The molecule has 2 N–H and O–H groups in total. The largest absolute Gasteiger partial charge is 0.339 e. The molecular weight excluding hydrogens is 204 g/mol. The molecular formula is C11H20N4O. The van der Waals surface area contributed by atoms with Crippen LogP contribution in [0, 0.1) is 0 Å². The topological polar surface area (TPSA) is 68.2 Å². The minimum Gasteiger partial charge on any atom is -0.339 e. The fraction of sp³-hybridized carbons (Fsp3) is 0.818. The average molecular weight is 224 g/mol. The van der Waals surface area contributed by atoms with Gasteiger partial charge in [0.1, 0.15) is 0 Å². The van der Waals surface area contributed by atoms with Crippen molar-refractivity contribution in [2.45, 2.75) is 45.2 Å². The number of hydrogen-bond donors (Lipinski definition) is 1. The minimum atomic E-state index is 0.296. The van der Waals surface area contributed by atoms with Crippen molar-refractivity contribution in [2.75, 3.05) is 13.1 Å². The van der Waals surface area contributed by atoms with Gasteiger partial charge in [-0.25, -0.2) is 0 Å². The van der Waals surface area contributed by atoms with Crippen LogP contribution in [0.3, 0.4) is 0 Å². The Morgan fingerprint density at radius 3 is 3.00 bits per heavy atom. The van der Waals surface area contributed by atoms with E-state index in [9.17, 15) is 0 Å². The molecule has 0 aliphatic carbocycles. The summed E-state index contributed by atoms with van der Waals surface area (Å²) in [4.78, 5) is 6.66. The number of nitrogens with zero attached hydrogens (tertiary/aromatic N) is 3. The molecule has 1 aliphatic rings. The summed E-state index contributed by atoms with van der Waals surface area (Å²) >= 11 is 0. The zero-order valence-corrected chi connectivity index (χ0v) is 10.0. The molecule has 1 atom stereocenters. The van der Waals surface area contributed by atoms with Crippen molar-refractivity contribution in [1.82, 2.24) is 15.0 Å². The smallest absolute Gasteiger partial charge is 0.229 e. The lowest BCUT2D eigenvalue weighted by Gasteiger charge is -2.29. The zero-order chi connectivity index (χ0) is 11.5. The van der Waals surface area contributed by atoms with Crippen LogP contribution in [-0.2, 0) is 6.54 Å². The summed E-state index contributed by atoms with van der Waals surface area (Å²) in [6.07, 6.45) is 2.29. The Hall–Kier alpha value is -0.940. The highest BCUT2D eigenvalue weighted by Gasteiger charge is 2.19. The van der Waals surface area contributed by atoms with Gasteiger partial charge in [-0.2, -0.15) is 4.98 Å². The average Bonchev–Trinajstić information content (AvgIpc) is 2.66. The molecule has 2 heterocycles. The molecule has 0 radical (unpaired) electrons. The predicted molar refractivity (Wildman–Crippen MR) is 60.9 cm³/mol. The van der Waals surface area contributed by atoms with E-state index in [1.807, 2.05) is 13.8 Å². The van der Waals surface area contributed by atoms with Crippen LogP contribution in [0.4, 0.5) is 0 Å². The Morgan fingerprint density at radius 2 is 2.38 bits per heavy atom. The van der Waals surface area contributed by atoms with Gasteiger partial charge >= 0.3 is 0 Å².